The first-order chi connectivity index (χ1) is 6.95. The zero-order chi connectivity index (χ0) is 11.8. The Hall–Kier alpha value is -0.590. The number of halogens is 1. The first kappa shape index (κ1) is 14.4. The zero-order valence-electron chi connectivity index (χ0n) is 9.03. The number of ether oxygens (including phenoxy) is 2. The molecule has 0 aliphatic rings. The quantitative estimate of drug-likeness (QED) is 0.335. The van der Waals surface area contributed by atoms with E-state index in [0.717, 1.165) is 12.2 Å². The van der Waals surface area contributed by atoms with Crippen LogP contribution in [0.15, 0.2) is 12.2 Å². The Balaban J connectivity index is 3.95. The molecule has 0 aromatic carbocycles. The van der Waals surface area contributed by atoms with Crippen LogP contribution in [0.3, 0.4) is 0 Å². The molecule has 0 bridgehead atoms. The summed E-state index contributed by atoms with van der Waals surface area (Å²) >= 11 is 2.11. The summed E-state index contributed by atoms with van der Waals surface area (Å²) in [6, 6.07) is 0. The summed E-state index contributed by atoms with van der Waals surface area (Å²) in [5.41, 5.74) is 0. The second kappa shape index (κ2) is 7.67. The van der Waals surface area contributed by atoms with Crippen molar-refractivity contribution in [2.75, 3.05) is 4.43 Å². The molecule has 0 N–H and O–H groups in total. The minimum Gasteiger partial charge on any atom is -0.460 e. The van der Waals surface area contributed by atoms with Gasteiger partial charge in [0.1, 0.15) is 6.10 Å². The molecule has 15 heavy (non-hydrogen) atoms. The second-order valence-corrected chi connectivity index (χ2v) is 4.10. The molecule has 86 valence electrons. The van der Waals surface area contributed by atoms with Gasteiger partial charge in [-0.05, 0) is 20.8 Å². The van der Waals surface area contributed by atoms with Gasteiger partial charge in [0.05, 0.1) is 6.10 Å². The molecule has 0 rings (SSSR count). The highest BCUT2D eigenvalue weighted by atomic mass is 127. The maximum absolute atomic E-state index is 11.1. The Morgan fingerprint density at radius 2 is 1.60 bits per heavy atom. The lowest BCUT2D eigenvalue weighted by Gasteiger charge is -2.07. The summed E-state index contributed by atoms with van der Waals surface area (Å²) in [4.78, 5) is 22.1. The number of carbonyl (C=O) groups excluding carboxylic acids is 2. The summed E-state index contributed by atoms with van der Waals surface area (Å²) < 4.78 is 10.4. The molecule has 0 aliphatic heterocycles. The van der Waals surface area contributed by atoms with Gasteiger partial charge in [-0.15, -0.1) is 0 Å². The number of hydrogen-bond acceptors (Lipinski definition) is 4. The van der Waals surface area contributed by atoms with Gasteiger partial charge in [0.15, 0.2) is 0 Å². The fourth-order valence-corrected chi connectivity index (χ4v) is 0.857. The first-order valence-corrected chi connectivity index (χ1v) is 6.13. The van der Waals surface area contributed by atoms with Gasteiger partial charge in [-0.1, -0.05) is 22.6 Å². The molecule has 0 radical (unpaired) electrons. The van der Waals surface area contributed by atoms with Crippen molar-refractivity contribution in [2.24, 2.45) is 0 Å². The van der Waals surface area contributed by atoms with Gasteiger partial charge >= 0.3 is 11.9 Å². The van der Waals surface area contributed by atoms with Crippen molar-refractivity contribution in [2.45, 2.75) is 33.0 Å². The van der Waals surface area contributed by atoms with Crippen LogP contribution in [-0.2, 0) is 19.1 Å². The number of alkyl halides is 1. The second-order valence-electron chi connectivity index (χ2n) is 3.22. The van der Waals surface area contributed by atoms with Crippen molar-refractivity contribution in [3.8, 4) is 0 Å². The smallest absolute Gasteiger partial charge is 0.331 e. The molecule has 0 heterocycles. The van der Waals surface area contributed by atoms with Crippen molar-refractivity contribution in [1.82, 2.24) is 0 Å². The van der Waals surface area contributed by atoms with Crippen LogP contribution in [0.4, 0.5) is 0 Å². The van der Waals surface area contributed by atoms with Crippen molar-refractivity contribution >= 4 is 34.5 Å². The average Bonchev–Trinajstić information content (AvgIpc) is 2.13. The molecule has 0 spiro atoms. The molecule has 0 aromatic rings. The number of carbonyl (C=O) groups is 2. The van der Waals surface area contributed by atoms with Gasteiger partial charge < -0.3 is 9.47 Å². The van der Waals surface area contributed by atoms with E-state index in [-0.39, 0.29) is 12.2 Å². The van der Waals surface area contributed by atoms with Gasteiger partial charge in [0, 0.05) is 16.6 Å². The summed E-state index contributed by atoms with van der Waals surface area (Å²) in [7, 11) is 0. The van der Waals surface area contributed by atoms with Crippen LogP contribution in [0.5, 0.6) is 0 Å². The topological polar surface area (TPSA) is 52.6 Å². The highest BCUT2D eigenvalue weighted by Crippen LogP contribution is 1.98. The molecular formula is C10H15IO4. The fourth-order valence-electron chi connectivity index (χ4n) is 0.677. The monoisotopic (exact) mass is 326 g/mol. The maximum atomic E-state index is 11.1. The van der Waals surface area contributed by atoms with Crippen LogP contribution in [0, 0.1) is 0 Å². The largest absolute Gasteiger partial charge is 0.460 e. The highest BCUT2D eigenvalue weighted by molar-refractivity contribution is 14.1. The standard InChI is InChI=1S/C10H15IO4/c1-7(2)14-9(12)4-5-10(13)15-8(3)6-11/h4-5,7-8H,6H2,1-3H3/b5-4-. The van der Waals surface area contributed by atoms with E-state index in [1.54, 1.807) is 20.8 Å². The minimum atomic E-state index is -0.538. The summed E-state index contributed by atoms with van der Waals surface area (Å²) in [5, 5.41) is 0. The van der Waals surface area contributed by atoms with Crippen LogP contribution >= 0.6 is 22.6 Å². The molecule has 0 saturated heterocycles. The minimum absolute atomic E-state index is 0.149. The lowest BCUT2D eigenvalue weighted by Crippen LogP contribution is -2.15. The zero-order valence-corrected chi connectivity index (χ0v) is 11.2. The fraction of sp³-hybridized carbons (Fsp3) is 0.600. The summed E-state index contributed by atoms with van der Waals surface area (Å²) in [6.07, 6.45) is 1.81. The molecule has 5 heteroatoms. The normalized spacial score (nSPS) is 12.9. The van der Waals surface area contributed by atoms with Crippen LogP contribution in [0.1, 0.15) is 20.8 Å². The van der Waals surface area contributed by atoms with Crippen molar-refractivity contribution in [3.63, 3.8) is 0 Å². The maximum Gasteiger partial charge on any atom is 0.331 e. The Labute approximate surface area is 103 Å². The third kappa shape index (κ3) is 8.41. The average molecular weight is 326 g/mol. The third-order valence-corrected chi connectivity index (χ3v) is 2.48. The van der Waals surface area contributed by atoms with E-state index in [1.165, 1.54) is 0 Å². The molecule has 1 atom stereocenters. The highest BCUT2D eigenvalue weighted by Gasteiger charge is 2.06. The van der Waals surface area contributed by atoms with Gasteiger partial charge in [0.2, 0.25) is 0 Å². The lowest BCUT2D eigenvalue weighted by molar-refractivity contribution is -0.144. The van der Waals surface area contributed by atoms with Gasteiger partial charge in [-0.3, -0.25) is 0 Å². The van der Waals surface area contributed by atoms with E-state index in [4.69, 9.17) is 9.47 Å². The van der Waals surface area contributed by atoms with E-state index in [1.807, 2.05) is 0 Å². The SMILES string of the molecule is CC(C)OC(=O)/C=C\C(=O)OC(C)CI. The molecule has 0 aromatic heterocycles. The Morgan fingerprint density at radius 3 is 2.00 bits per heavy atom. The van der Waals surface area contributed by atoms with E-state index in [2.05, 4.69) is 22.6 Å². The predicted molar refractivity (Wildman–Crippen MR) is 64.8 cm³/mol. The molecule has 4 nitrogen and oxygen atoms in total. The first-order valence-electron chi connectivity index (χ1n) is 4.61. The molecule has 0 amide bonds. The number of rotatable bonds is 5. The predicted octanol–water partition coefficient (Wildman–Crippen LogP) is 1.86. The van der Waals surface area contributed by atoms with E-state index in [9.17, 15) is 9.59 Å². The Bertz CT molecular complexity index is 248. The van der Waals surface area contributed by atoms with Crippen LogP contribution < -0.4 is 0 Å². The number of hydrogen-bond donors (Lipinski definition) is 0. The van der Waals surface area contributed by atoms with Crippen molar-refractivity contribution in [1.29, 1.82) is 0 Å². The lowest BCUT2D eigenvalue weighted by atomic mass is 10.4. The molecule has 0 fully saturated rings. The third-order valence-electron chi connectivity index (χ3n) is 1.24. The molecular weight excluding hydrogens is 311 g/mol. The van der Waals surface area contributed by atoms with Gasteiger partial charge in [-0.2, -0.15) is 0 Å². The van der Waals surface area contributed by atoms with Gasteiger partial charge in [-0.25, -0.2) is 9.59 Å². The summed E-state index contributed by atoms with van der Waals surface area (Å²) in [5.74, 6) is -1.07. The van der Waals surface area contributed by atoms with Gasteiger partial charge in [0.25, 0.3) is 0 Å². The summed E-state index contributed by atoms with van der Waals surface area (Å²) in [6.45, 7) is 5.26. The van der Waals surface area contributed by atoms with Crippen LogP contribution in [0.2, 0.25) is 0 Å². The molecule has 0 aliphatic carbocycles. The number of esters is 2. The molecule has 0 saturated carbocycles. The van der Waals surface area contributed by atoms with Crippen LogP contribution in [0.25, 0.3) is 0 Å². The molecule has 1 unspecified atom stereocenters. The van der Waals surface area contributed by atoms with E-state index < -0.39 is 11.9 Å². The van der Waals surface area contributed by atoms with E-state index >= 15 is 0 Å². The Morgan fingerprint density at radius 1 is 1.13 bits per heavy atom. The van der Waals surface area contributed by atoms with Crippen LogP contribution in [-0.4, -0.2) is 28.6 Å². The van der Waals surface area contributed by atoms with Crippen molar-refractivity contribution in [3.05, 3.63) is 12.2 Å². The van der Waals surface area contributed by atoms with Crippen molar-refractivity contribution < 1.29 is 19.1 Å². The van der Waals surface area contributed by atoms with E-state index in [0.29, 0.717) is 4.43 Å². The Kier molecular flexibility index (Phi) is 7.37.